The molecule has 1 N–H and O–H groups in total. The molecule has 0 aliphatic carbocycles. The van der Waals surface area contributed by atoms with Gasteiger partial charge in [0.1, 0.15) is 5.75 Å². The van der Waals surface area contributed by atoms with Gasteiger partial charge in [0.05, 0.1) is 0 Å². The van der Waals surface area contributed by atoms with Crippen molar-refractivity contribution in [2.24, 2.45) is 0 Å². The fourth-order valence-electron chi connectivity index (χ4n) is 2.31. The predicted molar refractivity (Wildman–Crippen MR) is 79.5 cm³/mol. The van der Waals surface area contributed by atoms with E-state index >= 15 is 0 Å². The number of halogens is 2. The molecule has 2 aromatic carbocycles. The van der Waals surface area contributed by atoms with Gasteiger partial charge in [-0.1, -0.05) is 36.4 Å². The maximum absolute atomic E-state index is 12.4. The van der Waals surface area contributed by atoms with Gasteiger partial charge in [-0.2, -0.15) is 8.78 Å². The third-order valence-corrected chi connectivity index (χ3v) is 3.45. The summed E-state index contributed by atoms with van der Waals surface area (Å²) in [4.78, 5) is 0. The quantitative estimate of drug-likeness (QED) is 0.861. The van der Waals surface area contributed by atoms with Crippen LogP contribution in [0.25, 0.3) is 0 Å². The second-order valence-electron chi connectivity index (χ2n) is 4.96. The Kier molecular flexibility index (Phi) is 5.28. The second kappa shape index (κ2) is 7.18. The Hall–Kier alpha value is -1.94. The molecule has 0 unspecified atom stereocenters. The van der Waals surface area contributed by atoms with Crippen LogP contribution >= 0.6 is 0 Å². The summed E-state index contributed by atoms with van der Waals surface area (Å²) in [6.07, 6.45) is 0. The van der Waals surface area contributed by atoms with Crippen LogP contribution in [0.4, 0.5) is 8.78 Å². The van der Waals surface area contributed by atoms with Gasteiger partial charge in [-0.15, -0.1) is 0 Å². The highest BCUT2D eigenvalue weighted by atomic mass is 19.3. The Morgan fingerprint density at radius 1 is 0.952 bits per heavy atom. The molecule has 0 fully saturated rings. The number of para-hydroxylation sites is 1. The summed E-state index contributed by atoms with van der Waals surface area (Å²) < 4.78 is 29.2. The zero-order valence-corrected chi connectivity index (χ0v) is 12.2. The Bertz CT molecular complexity index is 579. The summed E-state index contributed by atoms with van der Waals surface area (Å²) in [6.45, 7) is 2.51. The first-order chi connectivity index (χ1) is 10.1. The molecular weight excluding hydrogens is 272 g/mol. The lowest BCUT2D eigenvalue weighted by molar-refractivity contribution is -0.0505. The van der Waals surface area contributed by atoms with E-state index < -0.39 is 6.61 Å². The number of hydrogen-bond acceptors (Lipinski definition) is 2. The van der Waals surface area contributed by atoms with Crippen LogP contribution in [-0.4, -0.2) is 6.61 Å². The van der Waals surface area contributed by atoms with E-state index in [1.54, 1.807) is 18.2 Å². The molecule has 0 saturated heterocycles. The van der Waals surface area contributed by atoms with E-state index in [0.717, 1.165) is 5.56 Å². The summed E-state index contributed by atoms with van der Waals surface area (Å²) in [6, 6.07) is 13.0. The van der Waals surface area contributed by atoms with Gasteiger partial charge in [0.15, 0.2) is 0 Å². The van der Waals surface area contributed by atoms with Gasteiger partial charge in [0.2, 0.25) is 0 Å². The molecule has 112 valence electrons. The molecule has 0 saturated carbocycles. The number of benzene rings is 2. The summed E-state index contributed by atoms with van der Waals surface area (Å²) in [5.74, 6) is 0.224. The van der Waals surface area contributed by atoms with E-state index in [-0.39, 0.29) is 5.75 Å². The maximum Gasteiger partial charge on any atom is 0.387 e. The van der Waals surface area contributed by atoms with Gasteiger partial charge in [-0.3, -0.25) is 0 Å². The van der Waals surface area contributed by atoms with Crippen molar-refractivity contribution in [3.05, 3.63) is 64.7 Å². The molecule has 0 heterocycles. The zero-order chi connectivity index (χ0) is 15.2. The van der Waals surface area contributed by atoms with Crippen molar-refractivity contribution in [1.82, 2.24) is 5.32 Å². The number of rotatable bonds is 6. The number of aryl methyl sites for hydroxylation is 2. The topological polar surface area (TPSA) is 21.3 Å². The molecule has 2 nitrogen and oxygen atoms in total. The van der Waals surface area contributed by atoms with Crippen molar-refractivity contribution in [2.45, 2.75) is 33.5 Å². The van der Waals surface area contributed by atoms with Gasteiger partial charge < -0.3 is 10.1 Å². The number of nitrogens with one attached hydrogen (secondary N) is 1. The van der Waals surface area contributed by atoms with E-state index in [9.17, 15) is 8.78 Å². The highest BCUT2D eigenvalue weighted by Gasteiger charge is 2.09. The van der Waals surface area contributed by atoms with Crippen molar-refractivity contribution < 1.29 is 13.5 Å². The first kappa shape index (κ1) is 15.4. The standard InChI is InChI=1S/C17H19F2NO/c1-12-6-5-7-13(2)15(12)11-20-10-14-8-3-4-9-16(14)21-17(18)19/h3-9,17,20H,10-11H2,1-2H3. The van der Waals surface area contributed by atoms with Gasteiger partial charge in [-0.25, -0.2) is 0 Å². The fourth-order valence-corrected chi connectivity index (χ4v) is 2.31. The van der Waals surface area contributed by atoms with Crippen molar-refractivity contribution in [3.8, 4) is 5.75 Å². The van der Waals surface area contributed by atoms with E-state index in [1.165, 1.54) is 16.7 Å². The first-order valence-corrected chi connectivity index (χ1v) is 6.86. The summed E-state index contributed by atoms with van der Waals surface area (Å²) in [5.41, 5.74) is 4.41. The van der Waals surface area contributed by atoms with Crippen molar-refractivity contribution >= 4 is 0 Å². The molecule has 0 aliphatic heterocycles. The van der Waals surface area contributed by atoms with Crippen LogP contribution in [0.5, 0.6) is 5.75 Å². The van der Waals surface area contributed by atoms with Gasteiger partial charge in [0, 0.05) is 18.7 Å². The average molecular weight is 291 g/mol. The highest BCUT2D eigenvalue weighted by Crippen LogP contribution is 2.20. The molecule has 2 rings (SSSR count). The van der Waals surface area contributed by atoms with Crippen LogP contribution in [0, 0.1) is 13.8 Å². The lowest BCUT2D eigenvalue weighted by atomic mass is 10.0. The minimum Gasteiger partial charge on any atom is -0.434 e. The van der Waals surface area contributed by atoms with Crippen molar-refractivity contribution in [1.29, 1.82) is 0 Å². The normalized spacial score (nSPS) is 10.9. The smallest absolute Gasteiger partial charge is 0.387 e. The maximum atomic E-state index is 12.4. The van der Waals surface area contributed by atoms with E-state index in [0.29, 0.717) is 13.1 Å². The number of ether oxygens (including phenoxy) is 1. The molecule has 0 aromatic heterocycles. The van der Waals surface area contributed by atoms with Crippen LogP contribution in [0.3, 0.4) is 0 Å². The van der Waals surface area contributed by atoms with Crippen LogP contribution in [-0.2, 0) is 13.1 Å². The molecule has 2 aromatic rings. The van der Waals surface area contributed by atoms with Gasteiger partial charge >= 0.3 is 6.61 Å². The van der Waals surface area contributed by atoms with Gasteiger partial charge in [-0.05, 0) is 36.6 Å². The second-order valence-corrected chi connectivity index (χ2v) is 4.96. The minimum atomic E-state index is -2.80. The minimum absolute atomic E-state index is 0.224. The van der Waals surface area contributed by atoms with Crippen LogP contribution in [0.2, 0.25) is 0 Å². The van der Waals surface area contributed by atoms with Crippen molar-refractivity contribution in [2.75, 3.05) is 0 Å². The Morgan fingerprint density at radius 2 is 1.62 bits per heavy atom. The summed E-state index contributed by atoms with van der Waals surface area (Å²) >= 11 is 0. The summed E-state index contributed by atoms with van der Waals surface area (Å²) in [7, 11) is 0. The lowest BCUT2D eigenvalue weighted by Crippen LogP contribution is -2.16. The van der Waals surface area contributed by atoms with Crippen LogP contribution in [0.15, 0.2) is 42.5 Å². The number of hydrogen-bond donors (Lipinski definition) is 1. The van der Waals surface area contributed by atoms with E-state index in [2.05, 4.69) is 36.0 Å². The first-order valence-electron chi connectivity index (χ1n) is 6.86. The molecule has 0 atom stereocenters. The third-order valence-electron chi connectivity index (χ3n) is 3.45. The summed E-state index contributed by atoms with van der Waals surface area (Å²) in [5, 5.41) is 3.29. The van der Waals surface area contributed by atoms with E-state index in [4.69, 9.17) is 0 Å². The molecule has 0 aliphatic rings. The van der Waals surface area contributed by atoms with Crippen molar-refractivity contribution in [3.63, 3.8) is 0 Å². The molecule has 4 heteroatoms. The highest BCUT2D eigenvalue weighted by molar-refractivity contribution is 5.35. The molecule has 21 heavy (non-hydrogen) atoms. The molecule has 0 amide bonds. The Balaban J connectivity index is 2.01. The monoisotopic (exact) mass is 291 g/mol. The SMILES string of the molecule is Cc1cccc(C)c1CNCc1ccccc1OC(F)F. The van der Waals surface area contributed by atoms with Gasteiger partial charge in [0.25, 0.3) is 0 Å². The molecular formula is C17H19F2NO. The zero-order valence-electron chi connectivity index (χ0n) is 12.2. The van der Waals surface area contributed by atoms with E-state index in [1.807, 2.05) is 12.1 Å². The van der Waals surface area contributed by atoms with Crippen LogP contribution in [0.1, 0.15) is 22.3 Å². The third kappa shape index (κ3) is 4.26. The Morgan fingerprint density at radius 3 is 2.29 bits per heavy atom. The average Bonchev–Trinajstić information content (AvgIpc) is 2.43. The van der Waals surface area contributed by atoms with Crippen LogP contribution < -0.4 is 10.1 Å². The molecule has 0 spiro atoms. The largest absolute Gasteiger partial charge is 0.434 e. The fraction of sp³-hybridized carbons (Fsp3) is 0.294. The molecule has 0 bridgehead atoms. The predicted octanol–water partition coefficient (Wildman–Crippen LogP) is 4.19. The number of alkyl halides is 2. The lowest BCUT2D eigenvalue weighted by Gasteiger charge is -2.13. The molecule has 0 radical (unpaired) electrons. The Labute approximate surface area is 123 Å².